The van der Waals surface area contributed by atoms with Crippen LogP contribution in [0.3, 0.4) is 0 Å². The molecule has 1 fully saturated rings. The summed E-state index contributed by atoms with van der Waals surface area (Å²) in [6.07, 6.45) is 2.91. The summed E-state index contributed by atoms with van der Waals surface area (Å²) >= 11 is 0. The van der Waals surface area contributed by atoms with Crippen molar-refractivity contribution in [3.05, 3.63) is 23.8 Å². The van der Waals surface area contributed by atoms with Crippen molar-refractivity contribution in [2.24, 2.45) is 5.41 Å². The van der Waals surface area contributed by atoms with Crippen LogP contribution in [0.25, 0.3) is 0 Å². The molecule has 1 aromatic rings. The Balaban J connectivity index is 1.93. The monoisotopic (exact) mass is 374 g/mol. The third kappa shape index (κ3) is 3.42. The molecule has 1 aromatic carbocycles. The summed E-state index contributed by atoms with van der Waals surface area (Å²) in [6.45, 7) is 12.8. The lowest BCUT2D eigenvalue weighted by Gasteiger charge is -2.51. The number of carbonyl (C=O) groups excluding carboxylic acids is 1. The molecule has 3 rings (SSSR count). The van der Waals surface area contributed by atoms with Gasteiger partial charge in [0.2, 0.25) is 14.9 Å². The number of rotatable bonds is 4. The van der Waals surface area contributed by atoms with Crippen molar-refractivity contribution < 1.29 is 9.22 Å². The summed E-state index contributed by atoms with van der Waals surface area (Å²) in [4.78, 5) is 15.4. The van der Waals surface area contributed by atoms with Crippen molar-refractivity contribution in [3.8, 4) is 0 Å². The Labute approximate surface area is 159 Å². The molecule has 0 saturated carbocycles. The molecule has 2 heterocycles. The summed E-state index contributed by atoms with van der Waals surface area (Å²) in [5, 5.41) is 3.09. The van der Waals surface area contributed by atoms with Crippen LogP contribution in [0.4, 0.5) is 11.4 Å². The van der Waals surface area contributed by atoms with Gasteiger partial charge in [0.1, 0.15) is 0 Å². The highest BCUT2D eigenvalue weighted by atomic mass is 28.3. The molecule has 0 bridgehead atoms. The third-order valence-corrected chi connectivity index (χ3v) is 6.74. The van der Waals surface area contributed by atoms with Gasteiger partial charge >= 0.3 is 0 Å². The molecule has 0 aromatic heterocycles. The second-order valence-corrected chi connectivity index (χ2v) is 11.0. The van der Waals surface area contributed by atoms with Crippen LogP contribution in [0.15, 0.2) is 18.2 Å². The Morgan fingerprint density at radius 1 is 1.38 bits per heavy atom. The van der Waals surface area contributed by atoms with Crippen molar-refractivity contribution in [1.29, 1.82) is 0 Å². The van der Waals surface area contributed by atoms with Crippen molar-refractivity contribution in [1.82, 2.24) is 4.90 Å². The van der Waals surface area contributed by atoms with Gasteiger partial charge in [0, 0.05) is 16.9 Å². The summed E-state index contributed by atoms with van der Waals surface area (Å²) in [6, 6.07) is 5.67. The maximum Gasteiger partial charge on any atom is 0.242 e. The molecule has 1 amide bonds. The van der Waals surface area contributed by atoms with Gasteiger partial charge in [-0.3, -0.25) is 9.69 Å². The molecule has 1 unspecified atom stereocenters. The van der Waals surface area contributed by atoms with E-state index in [-0.39, 0.29) is 22.9 Å². The molecule has 5 nitrogen and oxygen atoms in total. The minimum absolute atomic E-state index is 0.0302. The number of nitrogens with two attached hydrogens (primary N) is 1. The molecule has 0 aliphatic carbocycles. The van der Waals surface area contributed by atoms with Crippen LogP contribution < -0.4 is 11.1 Å². The second-order valence-electron chi connectivity index (χ2n) is 8.90. The average Bonchev–Trinajstić information content (AvgIpc) is 2.97. The molecule has 6 heteroatoms. The quantitative estimate of drug-likeness (QED) is 0.627. The van der Waals surface area contributed by atoms with Crippen LogP contribution in [-0.2, 0) is 15.6 Å². The lowest BCUT2D eigenvalue weighted by atomic mass is 9.71. The fourth-order valence-electron chi connectivity index (χ4n) is 4.45. The number of fused-ring (bicyclic) bond motifs is 1. The van der Waals surface area contributed by atoms with Gasteiger partial charge in [-0.25, -0.2) is 0 Å². The molecule has 0 spiro atoms. The topological polar surface area (TPSA) is 67.6 Å². The number of likely N-dealkylation sites (tertiary alicyclic amines) is 1. The maximum atomic E-state index is 13.0. The van der Waals surface area contributed by atoms with Crippen LogP contribution in [0.5, 0.6) is 0 Å². The predicted molar refractivity (Wildman–Crippen MR) is 109 cm³/mol. The molecule has 2 aliphatic heterocycles. The van der Waals surface area contributed by atoms with E-state index in [0.29, 0.717) is 12.3 Å². The van der Waals surface area contributed by atoms with Gasteiger partial charge in [0.05, 0.1) is 12.6 Å². The average molecular weight is 375 g/mol. The minimum Gasteiger partial charge on any atom is -0.415 e. The first-order valence-corrected chi connectivity index (χ1v) is 11.9. The molecule has 3 N–H and O–H groups in total. The number of amides is 1. The van der Waals surface area contributed by atoms with E-state index in [4.69, 9.17) is 10.2 Å². The van der Waals surface area contributed by atoms with E-state index in [2.05, 4.69) is 44.1 Å². The first-order valence-electron chi connectivity index (χ1n) is 9.53. The van der Waals surface area contributed by atoms with E-state index in [1.165, 1.54) is 0 Å². The molecule has 2 atom stereocenters. The molecule has 2 aliphatic rings. The summed E-state index contributed by atoms with van der Waals surface area (Å²) in [5.41, 5.74) is 8.50. The number of hydrogen-bond donors (Lipinski definition) is 2. The number of anilines is 2. The summed E-state index contributed by atoms with van der Waals surface area (Å²) < 4.78 is 6.21. The van der Waals surface area contributed by atoms with Crippen molar-refractivity contribution in [2.45, 2.75) is 64.7 Å². The van der Waals surface area contributed by atoms with Crippen molar-refractivity contribution in [3.63, 3.8) is 0 Å². The molecule has 26 heavy (non-hydrogen) atoms. The van der Waals surface area contributed by atoms with Crippen molar-refractivity contribution >= 4 is 26.3 Å². The third-order valence-electron chi connectivity index (χ3n) is 6.02. The highest BCUT2D eigenvalue weighted by molar-refractivity contribution is 6.48. The van der Waals surface area contributed by atoms with Gasteiger partial charge in [0.15, 0.2) is 0 Å². The minimum atomic E-state index is -0.780. The fraction of sp³-hybridized carbons (Fsp3) is 0.650. The highest BCUT2D eigenvalue weighted by Gasteiger charge is 2.53. The lowest BCUT2D eigenvalue weighted by Crippen LogP contribution is -2.63. The van der Waals surface area contributed by atoms with Crippen LogP contribution in [0.2, 0.25) is 13.1 Å². The van der Waals surface area contributed by atoms with Gasteiger partial charge in [-0.05, 0) is 62.0 Å². The van der Waals surface area contributed by atoms with Gasteiger partial charge < -0.3 is 15.5 Å². The zero-order chi connectivity index (χ0) is 19.1. The Morgan fingerprint density at radius 2 is 2.12 bits per heavy atom. The number of benzene rings is 1. The highest BCUT2D eigenvalue weighted by Crippen LogP contribution is 2.46. The van der Waals surface area contributed by atoms with Gasteiger partial charge in [-0.2, -0.15) is 0 Å². The SMILES string of the molecule is C[Si](C)OC[C@@]1(C(C)(C)C)CCCN1C1Cc2ccc(N)cc2NC1=O. The number of nitrogens with one attached hydrogen (secondary N) is 1. The lowest BCUT2D eigenvalue weighted by molar-refractivity contribution is -0.127. The van der Waals surface area contributed by atoms with Gasteiger partial charge in [-0.1, -0.05) is 26.8 Å². The van der Waals surface area contributed by atoms with Gasteiger partial charge in [-0.15, -0.1) is 0 Å². The Morgan fingerprint density at radius 3 is 2.77 bits per heavy atom. The molecule has 1 radical (unpaired) electrons. The molecular weight excluding hydrogens is 342 g/mol. The van der Waals surface area contributed by atoms with Crippen LogP contribution in [-0.4, -0.2) is 44.6 Å². The fourth-order valence-corrected chi connectivity index (χ4v) is 4.98. The largest absolute Gasteiger partial charge is 0.415 e. The van der Waals surface area contributed by atoms with E-state index < -0.39 is 9.04 Å². The Bertz CT molecular complexity index is 686. The summed E-state index contributed by atoms with van der Waals surface area (Å²) in [5.74, 6) is 0.0807. The van der Waals surface area contributed by atoms with Crippen LogP contribution in [0, 0.1) is 5.41 Å². The van der Waals surface area contributed by atoms with Crippen molar-refractivity contribution in [2.75, 3.05) is 24.2 Å². The zero-order valence-corrected chi connectivity index (χ0v) is 17.7. The molecule has 143 valence electrons. The Hall–Kier alpha value is -1.37. The molecular formula is C20H32N3O2Si. The number of nitrogen functional groups attached to an aromatic ring is 1. The molecule has 1 saturated heterocycles. The first kappa shape index (κ1) is 19.4. The predicted octanol–water partition coefficient (Wildman–Crippen LogP) is 3.28. The number of hydrogen-bond acceptors (Lipinski definition) is 4. The van der Waals surface area contributed by atoms with E-state index in [9.17, 15) is 4.79 Å². The van der Waals surface area contributed by atoms with Crippen LogP contribution in [0.1, 0.15) is 39.2 Å². The Kier molecular flexibility index (Phi) is 5.21. The first-order chi connectivity index (χ1) is 12.1. The van der Waals surface area contributed by atoms with E-state index >= 15 is 0 Å². The van der Waals surface area contributed by atoms with Gasteiger partial charge in [0.25, 0.3) is 0 Å². The smallest absolute Gasteiger partial charge is 0.242 e. The van der Waals surface area contributed by atoms with E-state index in [0.717, 1.165) is 37.1 Å². The zero-order valence-electron chi connectivity index (χ0n) is 16.7. The normalized spacial score (nSPS) is 26.8. The van der Waals surface area contributed by atoms with Crippen LogP contribution >= 0.6 is 0 Å². The van der Waals surface area contributed by atoms with E-state index in [1.54, 1.807) is 0 Å². The van der Waals surface area contributed by atoms with E-state index in [1.807, 2.05) is 18.2 Å². The summed E-state index contributed by atoms with van der Waals surface area (Å²) in [7, 11) is -0.780. The maximum absolute atomic E-state index is 13.0. The second kappa shape index (κ2) is 6.98. The standard InChI is InChI=1S/C20H32N3O2Si/c1-19(2,3)20(13-25-26(4)5)9-6-10-23(20)17-11-14-7-8-15(21)12-16(14)22-18(17)24/h7-8,12,17H,6,9-11,13,21H2,1-5H3,(H,22,24)/t17?,20-/m1/s1. The number of nitrogens with zero attached hydrogens (tertiary/aromatic N) is 1. The number of carbonyl (C=O) groups is 1.